The summed E-state index contributed by atoms with van der Waals surface area (Å²) >= 11 is 0. The van der Waals surface area contributed by atoms with Gasteiger partial charge in [0.05, 0.1) is 25.5 Å². The first kappa shape index (κ1) is 22.3. The van der Waals surface area contributed by atoms with Gasteiger partial charge in [-0.3, -0.25) is 5.41 Å². The molecule has 3 aromatic heterocycles. The Morgan fingerprint density at radius 3 is 2.97 bits per heavy atom. The van der Waals surface area contributed by atoms with Gasteiger partial charge in [-0.05, 0) is 26.8 Å². The van der Waals surface area contributed by atoms with Crippen LogP contribution in [0, 0.1) is 5.41 Å². The monoisotopic (exact) mass is 449 g/mol. The van der Waals surface area contributed by atoms with Crippen molar-refractivity contribution in [1.82, 2.24) is 24.7 Å². The highest BCUT2D eigenvalue weighted by Gasteiger charge is 2.20. The number of aryl methyl sites for hydroxylation is 1. The van der Waals surface area contributed by atoms with Crippen LogP contribution in [0.1, 0.15) is 32.8 Å². The van der Waals surface area contributed by atoms with E-state index in [0.29, 0.717) is 65.4 Å². The molecule has 3 aromatic rings. The van der Waals surface area contributed by atoms with Crippen molar-refractivity contribution >= 4 is 23.1 Å². The predicted octanol–water partition coefficient (Wildman–Crippen LogP) is 3.98. The smallest absolute Gasteiger partial charge is 0.222 e. The topological polar surface area (TPSA) is 120 Å². The molecule has 1 aliphatic heterocycles. The number of hydrogen-bond donors (Lipinski definition) is 2. The second-order valence-electron chi connectivity index (χ2n) is 7.47. The van der Waals surface area contributed by atoms with Crippen molar-refractivity contribution < 1.29 is 14.2 Å². The molecule has 2 N–H and O–H groups in total. The Hall–Kier alpha value is -3.95. The lowest BCUT2D eigenvalue weighted by Crippen LogP contribution is -2.18. The number of pyridine rings is 1. The van der Waals surface area contributed by atoms with Crippen LogP contribution in [-0.4, -0.2) is 49.9 Å². The summed E-state index contributed by atoms with van der Waals surface area (Å²) in [6, 6.07) is 3.56. The number of aromatic nitrogens is 5. The fourth-order valence-corrected chi connectivity index (χ4v) is 3.47. The van der Waals surface area contributed by atoms with Gasteiger partial charge in [0.25, 0.3) is 0 Å². The van der Waals surface area contributed by atoms with Gasteiger partial charge in [0.15, 0.2) is 5.82 Å². The van der Waals surface area contributed by atoms with Gasteiger partial charge in [0.1, 0.15) is 22.9 Å². The van der Waals surface area contributed by atoms with Crippen LogP contribution in [0.4, 0.5) is 11.6 Å². The number of nitrogens with one attached hydrogen (secondary N) is 2. The van der Waals surface area contributed by atoms with Crippen molar-refractivity contribution in [3.05, 3.63) is 42.4 Å². The van der Waals surface area contributed by atoms with E-state index in [1.165, 1.54) is 0 Å². The average molecular weight is 450 g/mol. The highest BCUT2D eigenvalue weighted by atomic mass is 16.5. The molecule has 0 fully saturated rings. The van der Waals surface area contributed by atoms with Crippen LogP contribution in [0.15, 0.2) is 36.8 Å². The zero-order valence-corrected chi connectivity index (χ0v) is 19.1. The maximum Gasteiger partial charge on any atom is 0.222 e. The summed E-state index contributed by atoms with van der Waals surface area (Å²) in [5.41, 5.74) is 2.00. The number of ether oxygens (including phenoxy) is 3. The number of rotatable bonds is 3. The van der Waals surface area contributed by atoms with E-state index < -0.39 is 0 Å². The third-order valence-electron chi connectivity index (χ3n) is 5.11. The van der Waals surface area contributed by atoms with Gasteiger partial charge in [0.2, 0.25) is 11.8 Å². The average Bonchev–Trinajstić information content (AvgIpc) is 3.16. The second-order valence-corrected chi connectivity index (χ2v) is 7.47. The summed E-state index contributed by atoms with van der Waals surface area (Å²) < 4.78 is 19.4. The third-order valence-corrected chi connectivity index (χ3v) is 5.11. The van der Waals surface area contributed by atoms with Crippen molar-refractivity contribution in [2.24, 2.45) is 7.05 Å². The zero-order valence-electron chi connectivity index (χ0n) is 19.1. The summed E-state index contributed by atoms with van der Waals surface area (Å²) in [6.45, 7) is 6.51. The van der Waals surface area contributed by atoms with Gasteiger partial charge in [0, 0.05) is 43.1 Å². The van der Waals surface area contributed by atoms with Gasteiger partial charge < -0.3 is 19.5 Å². The molecule has 172 valence electrons. The molecule has 1 atom stereocenters. The quantitative estimate of drug-likeness (QED) is 0.455. The molecular formula is C23H27N7O3. The minimum Gasteiger partial charge on any atom is -0.490 e. The molecular weight excluding hydrogens is 422 g/mol. The minimum atomic E-state index is -0.160. The van der Waals surface area contributed by atoms with Gasteiger partial charge in [-0.2, -0.15) is 5.10 Å². The van der Waals surface area contributed by atoms with Crippen LogP contribution in [0.3, 0.4) is 0 Å². The number of fused-ring (bicyclic) bond motifs is 6. The molecule has 0 aromatic carbocycles. The van der Waals surface area contributed by atoms with Gasteiger partial charge in [-0.1, -0.05) is 6.08 Å². The van der Waals surface area contributed by atoms with Crippen LogP contribution in [0.5, 0.6) is 11.6 Å². The van der Waals surface area contributed by atoms with Crippen LogP contribution in [0.25, 0.3) is 17.0 Å². The molecule has 1 aliphatic rings. The predicted molar refractivity (Wildman–Crippen MR) is 125 cm³/mol. The summed E-state index contributed by atoms with van der Waals surface area (Å²) in [7, 11) is 1.82. The molecule has 4 bridgehead atoms. The van der Waals surface area contributed by atoms with Crippen molar-refractivity contribution in [3.63, 3.8) is 0 Å². The fraction of sp³-hybridized carbons (Fsp3) is 0.348. The summed E-state index contributed by atoms with van der Waals surface area (Å²) in [5, 5.41) is 15.8. The van der Waals surface area contributed by atoms with Crippen molar-refractivity contribution in [1.29, 1.82) is 5.41 Å². The molecule has 4 heterocycles. The molecule has 0 unspecified atom stereocenters. The van der Waals surface area contributed by atoms with Crippen LogP contribution in [-0.2, 0) is 11.8 Å². The van der Waals surface area contributed by atoms with E-state index in [9.17, 15) is 0 Å². The number of hydrogen-bond acceptors (Lipinski definition) is 9. The SMILES string of the molecule is C/C=C(\C(=N)OCC)c1cnc2cc1O[C@@H](C)CCOc1c(cnn1C)-c1nccc(n1)N2. The maximum absolute atomic E-state index is 8.28. The highest BCUT2D eigenvalue weighted by Crippen LogP contribution is 2.32. The number of anilines is 2. The van der Waals surface area contributed by atoms with Crippen molar-refractivity contribution in [3.8, 4) is 23.0 Å². The Morgan fingerprint density at radius 1 is 1.33 bits per heavy atom. The van der Waals surface area contributed by atoms with Crippen molar-refractivity contribution in [2.75, 3.05) is 18.5 Å². The largest absolute Gasteiger partial charge is 0.490 e. The molecule has 4 rings (SSSR count). The fourth-order valence-electron chi connectivity index (χ4n) is 3.47. The molecule has 0 spiro atoms. The summed E-state index contributed by atoms with van der Waals surface area (Å²) in [5.74, 6) is 2.88. The molecule has 0 saturated heterocycles. The Balaban J connectivity index is 1.76. The normalized spacial score (nSPS) is 15.9. The molecule has 33 heavy (non-hydrogen) atoms. The maximum atomic E-state index is 8.28. The minimum absolute atomic E-state index is 0.0712. The Morgan fingerprint density at radius 2 is 2.18 bits per heavy atom. The summed E-state index contributed by atoms with van der Waals surface area (Å²) in [6.07, 6.45) is 7.33. The number of nitrogens with zero attached hydrogens (tertiary/aromatic N) is 5. The zero-order chi connectivity index (χ0) is 23.4. The lowest BCUT2D eigenvalue weighted by Gasteiger charge is -2.20. The van der Waals surface area contributed by atoms with Gasteiger partial charge >= 0.3 is 0 Å². The Bertz CT molecular complexity index is 1190. The van der Waals surface area contributed by atoms with E-state index in [0.717, 1.165) is 0 Å². The van der Waals surface area contributed by atoms with E-state index in [1.54, 1.807) is 35.4 Å². The molecule has 10 nitrogen and oxygen atoms in total. The van der Waals surface area contributed by atoms with Crippen LogP contribution < -0.4 is 14.8 Å². The first-order valence-electron chi connectivity index (χ1n) is 10.8. The molecule has 10 heteroatoms. The second kappa shape index (κ2) is 9.68. The molecule has 0 amide bonds. The van der Waals surface area contributed by atoms with E-state index in [1.807, 2.05) is 33.9 Å². The van der Waals surface area contributed by atoms with Gasteiger partial charge in [-0.15, -0.1) is 0 Å². The Kier molecular flexibility index (Phi) is 6.53. The van der Waals surface area contributed by atoms with Crippen LogP contribution >= 0.6 is 0 Å². The first-order chi connectivity index (χ1) is 16.0. The summed E-state index contributed by atoms with van der Waals surface area (Å²) in [4.78, 5) is 13.5. The lowest BCUT2D eigenvalue weighted by atomic mass is 10.1. The highest BCUT2D eigenvalue weighted by molar-refractivity contribution is 6.18. The number of allylic oxidation sites excluding steroid dienone is 1. The van der Waals surface area contributed by atoms with Gasteiger partial charge in [-0.25, -0.2) is 19.6 Å². The van der Waals surface area contributed by atoms with Crippen molar-refractivity contribution in [2.45, 2.75) is 33.3 Å². The first-order valence-corrected chi connectivity index (χ1v) is 10.8. The van der Waals surface area contributed by atoms with E-state index in [4.69, 9.17) is 19.6 Å². The van der Waals surface area contributed by atoms with Crippen LogP contribution in [0.2, 0.25) is 0 Å². The van der Waals surface area contributed by atoms with E-state index >= 15 is 0 Å². The third kappa shape index (κ3) is 4.79. The molecule has 0 radical (unpaired) electrons. The molecule has 0 aliphatic carbocycles. The Labute approximate surface area is 192 Å². The molecule has 0 saturated carbocycles. The standard InChI is InChI=1S/C23H27N7O3/c1-5-15(21(24)31-6-2)16-12-26-20-11-18(16)33-14(3)8-10-32-23-17(13-27-30(23)4)22-25-9-7-19(28-20)29-22/h5,7,9,11-14,24H,6,8,10H2,1-4H3,(H,25,26,28,29)/b15-5-,24-21?/t14-/m0/s1. The lowest BCUT2D eigenvalue weighted by molar-refractivity contribution is 0.172. The van der Waals surface area contributed by atoms with E-state index in [2.05, 4.69) is 25.4 Å². The van der Waals surface area contributed by atoms with E-state index in [-0.39, 0.29) is 12.0 Å².